The molecule has 0 aromatic heterocycles. The van der Waals surface area contributed by atoms with E-state index in [1.54, 1.807) is 0 Å². The van der Waals surface area contributed by atoms with Gasteiger partial charge in [-0.3, -0.25) is 0 Å². The molecule has 0 radical (unpaired) electrons. The van der Waals surface area contributed by atoms with Crippen molar-refractivity contribution < 1.29 is 4.52 Å². The molecule has 0 amide bonds. The average molecular weight is 163 g/mol. The molecule has 0 rings (SSSR count). The summed E-state index contributed by atoms with van der Waals surface area (Å²) in [6.45, 7) is 6.96. The fourth-order valence-corrected chi connectivity index (χ4v) is 1.90. The maximum atomic E-state index is 5.23. The number of hydrogen-bond acceptors (Lipinski definition) is 2. The van der Waals surface area contributed by atoms with E-state index >= 15 is 0 Å². The third-order valence-electron chi connectivity index (χ3n) is 1.32. The summed E-state index contributed by atoms with van der Waals surface area (Å²) in [5.41, 5.74) is 5.23. The fourth-order valence-electron chi connectivity index (χ4n) is 0.632. The van der Waals surface area contributed by atoms with Crippen LogP contribution in [-0.2, 0) is 4.52 Å². The minimum Gasteiger partial charge on any atom is -0.345 e. The van der Waals surface area contributed by atoms with Crippen LogP contribution in [0.25, 0.3) is 0 Å². The Morgan fingerprint density at radius 1 is 1.50 bits per heavy atom. The molecule has 2 nitrogen and oxygen atoms in total. The smallest absolute Gasteiger partial charge is 0.0983 e. The van der Waals surface area contributed by atoms with Gasteiger partial charge in [-0.15, -0.1) is 0 Å². The predicted molar refractivity (Wildman–Crippen MR) is 47.3 cm³/mol. The predicted octanol–water partition coefficient (Wildman–Crippen LogP) is 1.99. The van der Waals surface area contributed by atoms with Crippen molar-refractivity contribution in [3.05, 3.63) is 0 Å². The molecule has 0 heterocycles. The Morgan fingerprint density at radius 3 is 2.50 bits per heavy atom. The first-order chi connectivity index (χ1) is 4.66. The lowest BCUT2D eigenvalue weighted by Gasteiger charge is -2.11. The second kappa shape index (κ2) is 6.09. The monoisotopic (exact) mass is 163 g/mol. The number of hydrogen-bond donors (Lipinski definition) is 1. The van der Waals surface area contributed by atoms with Crippen molar-refractivity contribution in [3.8, 4) is 0 Å². The van der Waals surface area contributed by atoms with E-state index in [9.17, 15) is 0 Å². The van der Waals surface area contributed by atoms with Gasteiger partial charge in [-0.2, -0.15) is 0 Å². The molecule has 0 spiro atoms. The standard InChI is InChI=1S/C7H18NOP/c1-7(2)4-5-10(3)9-6-8/h7H,4-6,8H2,1-3H3. The zero-order valence-corrected chi connectivity index (χ0v) is 8.03. The molecule has 0 fully saturated rings. The van der Waals surface area contributed by atoms with Gasteiger partial charge in [-0.1, -0.05) is 13.8 Å². The maximum Gasteiger partial charge on any atom is 0.0983 e. The summed E-state index contributed by atoms with van der Waals surface area (Å²) in [5, 5.41) is 0. The molecule has 10 heavy (non-hydrogen) atoms. The molecule has 0 aliphatic heterocycles. The van der Waals surface area contributed by atoms with E-state index in [2.05, 4.69) is 20.5 Å². The van der Waals surface area contributed by atoms with E-state index in [0.717, 1.165) is 5.92 Å². The molecule has 0 aromatic rings. The summed E-state index contributed by atoms with van der Waals surface area (Å²) in [6, 6.07) is 0. The maximum absolute atomic E-state index is 5.23. The normalized spacial score (nSPS) is 14.1. The molecular weight excluding hydrogens is 145 g/mol. The fraction of sp³-hybridized carbons (Fsp3) is 1.00. The Kier molecular flexibility index (Phi) is 6.30. The largest absolute Gasteiger partial charge is 0.345 e. The van der Waals surface area contributed by atoms with Gasteiger partial charge in [-0.25, -0.2) is 0 Å². The lowest BCUT2D eigenvalue weighted by molar-refractivity contribution is 0.366. The minimum atomic E-state index is -0.238. The van der Waals surface area contributed by atoms with Gasteiger partial charge in [-0.05, 0) is 25.2 Å². The van der Waals surface area contributed by atoms with E-state index in [-0.39, 0.29) is 8.15 Å². The third kappa shape index (κ3) is 6.47. The molecule has 1 atom stereocenters. The third-order valence-corrected chi connectivity index (χ3v) is 2.79. The quantitative estimate of drug-likeness (QED) is 0.497. The molecule has 0 aliphatic carbocycles. The van der Waals surface area contributed by atoms with Crippen molar-refractivity contribution in [2.45, 2.75) is 20.3 Å². The average Bonchev–Trinajstić information content (AvgIpc) is 1.85. The summed E-state index contributed by atoms with van der Waals surface area (Å²) in [4.78, 5) is 0. The van der Waals surface area contributed by atoms with Crippen molar-refractivity contribution in [2.24, 2.45) is 11.7 Å². The molecule has 0 saturated carbocycles. The lowest BCUT2D eigenvalue weighted by Crippen LogP contribution is -2.02. The van der Waals surface area contributed by atoms with Crippen molar-refractivity contribution in [1.82, 2.24) is 0 Å². The first kappa shape index (κ1) is 10.3. The minimum absolute atomic E-state index is 0.238. The van der Waals surface area contributed by atoms with Crippen molar-refractivity contribution in [3.63, 3.8) is 0 Å². The summed E-state index contributed by atoms with van der Waals surface area (Å²) in [7, 11) is -0.238. The van der Waals surface area contributed by atoms with Crippen LogP contribution in [0.4, 0.5) is 0 Å². The zero-order chi connectivity index (χ0) is 7.98. The molecule has 2 N–H and O–H groups in total. The van der Waals surface area contributed by atoms with E-state index in [4.69, 9.17) is 10.3 Å². The summed E-state index contributed by atoms with van der Waals surface area (Å²) in [6.07, 6.45) is 2.44. The SMILES string of the molecule is CC(C)CCP(C)OCN. The molecule has 1 unspecified atom stereocenters. The highest BCUT2D eigenvalue weighted by molar-refractivity contribution is 7.51. The van der Waals surface area contributed by atoms with Crippen LogP contribution in [0.15, 0.2) is 0 Å². The van der Waals surface area contributed by atoms with Crippen LogP contribution in [0.2, 0.25) is 0 Å². The van der Waals surface area contributed by atoms with Crippen LogP contribution in [0.1, 0.15) is 20.3 Å². The van der Waals surface area contributed by atoms with Gasteiger partial charge in [0.05, 0.1) is 6.73 Å². The van der Waals surface area contributed by atoms with E-state index in [1.807, 2.05) is 0 Å². The Balaban J connectivity index is 3.12. The van der Waals surface area contributed by atoms with Gasteiger partial charge in [0.2, 0.25) is 0 Å². The highest BCUT2D eigenvalue weighted by Crippen LogP contribution is 2.32. The highest BCUT2D eigenvalue weighted by Gasteiger charge is 2.01. The highest BCUT2D eigenvalue weighted by atomic mass is 31.1. The van der Waals surface area contributed by atoms with Gasteiger partial charge in [0.25, 0.3) is 0 Å². The molecule has 0 bridgehead atoms. The Bertz CT molecular complexity index is 78.0. The van der Waals surface area contributed by atoms with Crippen LogP contribution in [-0.4, -0.2) is 19.6 Å². The first-order valence-corrected chi connectivity index (χ1v) is 5.60. The second-order valence-electron chi connectivity index (χ2n) is 2.83. The lowest BCUT2D eigenvalue weighted by atomic mass is 10.2. The Morgan fingerprint density at radius 2 is 2.10 bits per heavy atom. The molecule has 0 aliphatic rings. The summed E-state index contributed by atoms with van der Waals surface area (Å²) in [5.74, 6) is 0.784. The molecule has 62 valence electrons. The second-order valence-corrected chi connectivity index (χ2v) is 4.79. The topological polar surface area (TPSA) is 35.2 Å². The van der Waals surface area contributed by atoms with Crippen LogP contribution in [0.5, 0.6) is 0 Å². The molecular formula is C7H18NOP. The van der Waals surface area contributed by atoms with Crippen LogP contribution >= 0.6 is 8.15 Å². The summed E-state index contributed by atoms with van der Waals surface area (Å²) >= 11 is 0. The first-order valence-electron chi connectivity index (χ1n) is 3.71. The zero-order valence-electron chi connectivity index (χ0n) is 7.13. The van der Waals surface area contributed by atoms with E-state index in [1.165, 1.54) is 12.6 Å². The van der Waals surface area contributed by atoms with Crippen LogP contribution in [0.3, 0.4) is 0 Å². The number of rotatable bonds is 5. The van der Waals surface area contributed by atoms with Gasteiger partial charge in [0, 0.05) is 8.15 Å². The van der Waals surface area contributed by atoms with Gasteiger partial charge in [0.15, 0.2) is 0 Å². The van der Waals surface area contributed by atoms with Gasteiger partial charge in [0.1, 0.15) is 0 Å². The van der Waals surface area contributed by atoms with E-state index in [0.29, 0.717) is 6.73 Å². The molecule has 0 saturated heterocycles. The Labute approximate surface area is 65.0 Å². The molecule has 0 aromatic carbocycles. The van der Waals surface area contributed by atoms with Crippen LogP contribution < -0.4 is 5.73 Å². The Hall–Kier alpha value is 0.350. The van der Waals surface area contributed by atoms with Crippen LogP contribution in [0, 0.1) is 5.92 Å². The summed E-state index contributed by atoms with van der Waals surface area (Å²) < 4.78 is 5.23. The van der Waals surface area contributed by atoms with Gasteiger partial charge < -0.3 is 10.3 Å². The van der Waals surface area contributed by atoms with Gasteiger partial charge >= 0.3 is 0 Å². The van der Waals surface area contributed by atoms with Crippen molar-refractivity contribution >= 4 is 8.15 Å². The number of nitrogens with two attached hydrogens (primary N) is 1. The van der Waals surface area contributed by atoms with Crippen molar-refractivity contribution in [2.75, 3.05) is 19.6 Å². The van der Waals surface area contributed by atoms with E-state index < -0.39 is 0 Å². The van der Waals surface area contributed by atoms with Crippen molar-refractivity contribution in [1.29, 1.82) is 0 Å². The molecule has 3 heteroatoms.